The molecule has 8 heteroatoms. The Labute approximate surface area is 170 Å². The van der Waals surface area contributed by atoms with Crippen LogP contribution < -0.4 is 9.80 Å². The molecule has 0 unspecified atom stereocenters. The highest BCUT2D eigenvalue weighted by molar-refractivity contribution is 6.53. The molecule has 28 heavy (non-hydrogen) atoms. The maximum absolute atomic E-state index is 12.2. The highest BCUT2D eigenvalue weighted by Crippen LogP contribution is 2.33. The monoisotopic (exact) mass is 416 g/mol. The third-order valence-electron chi connectivity index (χ3n) is 4.88. The lowest BCUT2D eigenvalue weighted by Gasteiger charge is -2.19. The Hall–Kier alpha value is -2.70. The van der Waals surface area contributed by atoms with Crippen molar-refractivity contribution in [3.63, 3.8) is 0 Å². The van der Waals surface area contributed by atoms with Crippen molar-refractivity contribution in [3.8, 4) is 0 Å². The number of ketones is 2. The third-order valence-corrected chi connectivity index (χ3v) is 5.35. The van der Waals surface area contributed by atoms with Gasteiger partial charge in [0, 0.05) is 23.1 Å². The van der Waals surface area contributed by atoms with Crippen LogP contribution in [0.2, 0.25) is 10.0 Å². The predicted molar refractivity (Wildman–Crippen MR) is 106 cm³/mol. The molecular weight excluding hydrogens is 403 g/mol. The Morgan fingerprint density at radius 3 is 1.43 bits per heavy atom. The summed E-state index contributed by atoms with van der Waals surface area (Å²) < 4.78 is 0. The van der Waals surface area contributed by atoms with E-state index < -0.39 is 23.4 Å². The number of hydrogen-bond donors (Lipinski definition) is 0. The van der Waals surface area contributed by atoms with Gasteiger partial charge in [-0.3, -0.25) is 19.2 Å². The summed E-state index contributed by atoms with van der Waals surface area (Å²) in [7, 11) is 0. The topological polar surface area (TPSA) is 74.8 Å². The average Bonchev–Trinajstić information content (AvgIpc) is 3.05. The van der Waals surface area contributed by atoms with Crippen molar-refractivity contribution in [1.29, 1.82) is 0 Å². The Kier molecular flexibility index (Phi) is 4.69. The first-order valence-electron chi connectivity index (χ1n) is 8.70. The number of halogens is 2. The number of carbonyl (C=O) groups excluding carboxylic acids is 4. The molecule has 6 nitrogen and oxygen atoms in total. The first kappa shape index (κ1) is 18.7. The van der Waals surface area contributed by atoms with E-state index in [1.807, 2.05) is 0 Å². The van der Waals surface area contributed by atoms with Gasteiger partial charge >= 0.3 is 0 Å². The summed E-state index contributed by atoms with van der Waals surface area (Å²) >= 11 is 11.8. The molecule has 0 spiro atoms. The van der Waals surface area contributed by atoms with E-state index in [9.17, 15) is 19.2 Å². The molecule has 2 heterocycles. The van der Waals surface area contributed by atoms with Crippen molar-refractivity contribution in [2.45, 2.75) is 12.8 Å². The second kappa shape index (κ2) is 7.04. The first-order valence-corrected chi connectivity index (χ1v) is 9.45. The number of benzene rings is 2. The van der Waals surface area contributed by atoms with Crippen LogP contribution >= 0.6 is 23.2 Å². The van der Waals surface area contributed by atoms with Crippen molar-refractivity contribution in [3.05, 3.63) is 57.6 Å². The minimum Gasteiger partial charge on any atom is -0.305 e. The second-order valence-corrected chi connectivity index (χ2v) is 7.47. The number of nitrogens with zero attached hydrogens (tertiary/aromatic N) is 2. The van der Waals surface area contributed by atoms with Gasteiger partial charge in [0.25, 0.3) is 23.4 Å². The van der Waals surface area contributed by atoms with Gasteiger partial charge in [0.05, 0.1) is 22.5 Å². The van der Waals surface area contributed by atoms with Crippen molar-refractivity contribution in [2.24, 2.45) is 0 Å². The van der Waals surface area contributed by atoms with Crippen LogP contribution in [0, 0.1) is 0 Å². The number of rotatable bonds is 5. The molecule has 2 aromatic carbocycles. The molecule has 0 N–H and O–H groups in total. The molecule has 0 saturated carbocycles. The fraction of sp³-hybridized carbons (Fsp3) is 0.200. The van der Waals surface area contributed by atoms with Crippen molar-refractivity contribution < 1.29 is 19.2 Å². The van der Waals surface area contributed by atoms with Gasteiger partial charge in [0.1, 0.15) is 0 Å². The largest absolute Gasteiger partial charge is 0.305 e. The molecule has 0 aromatic heterocycles. The second-order valence-electron chi connectivity index (χ2n) is 6.60. The van der Waals surface area contributed by atoms with Crippen LogP contribution in [0.15, 0.2) is 36.4 Å². The number of anilines is 2. The van der Waals surface area contributed by atoms with Gasteiger partial charge in [-0.05, 0) is 49.2 Å². The predicted octanol–water partition coefficient (Wildman–Crippen LogP) is 3.53. The summed E-state index contributed by atoms with van der Waals surface area (Å²) in [5, 5.41) is 0.801. The quantitative estimate of drug-likeness (QED) is 0.551. The SMILES string of the molecule is O=C1C(=O)N(CCCCN2C(=O)C(=O)c3cc(Cl)ccc32)c2ccc(Cl)cc21. The lowest BCUT2D eigenvalue weighted by atomic mass is 10.1. The lowest BCUT2D eigenvalue weighted by Crippen LogP contribution is -2.33. The van der Waals surface area contributed by atoms with Crippen LogP contribution in [0.3, 0.4) is 0 Å². The van der Waals surface area contributed by atoms with Crippen molar-refractivity contribution >= 4 is 58.0 Å². The van der Waals surface area contributed by atoms with E-state index in [1.165, 1.54) is 21.9 Å². The molecule has 0 saturated heterocycles. The molecule has 0 aliphatic carbocycles. The van der Waals surface area contributed by atoms with Gasteiger partial charge in [-0.15, -0.1) is 0 Å². The summed E-state index contributed by atoms with van der Waals surface area (Å²) in [6.45, 7) is 0.672. The van der Waals surface area contributed by atoms with Gasteiger partial charge < -0.3 is 9.80 Å². The minimum atomic E-state index is -0.579. The van der Waals surface area contributed by atoms with E-state index in [4.69, 9.17) is 23.2 Å². The van der Waals surface area contributed by atoms with Crippen molar-refractivity contribution in [2.75, 3.05) is 22.9 Å². The fourth-order valence-electron chi connectivity index (χ4n) is 3.53. The summed E-state index contributed by atoms with van der Waals surface area (Å²) in [6, 6.07) is 9.57. The minimum absolute atomic E-state index is 0.309. The molecule has 4 rings (SSSR count). The third kappa shape index (κ3) is 2.99. The number of fused-ring (bicyclic) bond motifs is 2. The maximum atomic E-state index is 12.2. The number of unbranched alkanes of at least 4 members (excludes halogenated alkanes) is 1. The Morgan fingerprint density at radius 1 is 0.643 bits per heavy atom. The summed E-state index contributed by atoms with van der Waals surface area (Å²) in [6.07, 6.45) is 1.12. The first-order chi connectivity index (χ1) is 13.4. The van der Waals surface area contributed by atoms with Crippen LogP contribution in [-0.2, 0) is 9.59 Å². The Morgan fingerprint density at radius 2 is 1.04 bits per heavy atom. The standard InChI is InChI=1S/C20H14Cl2N2O4/c21-11-3-5-15-13(9-11)17(25)19(27)23(15)7-1-2-8-24-16-6-4-12(22)10-14(16)18(26)20(24)28/h3-6,9-10H,1-2,7-8H2. The zero-order chi connectivity index (χ0) is 20.0. The van der Waals surface area contributed by atoms with E-state index in [-0.39, 0.29) is 0 Å². The lowest BCUT2D eigenvalue weighted by molar-refractivity contribution is -0.115. The summed E-state index contributed by atoms with van der Waals surface area (Å²) in [5.41, 5.74) is 1.71. The van der Waals surface area contributed by atoms with Gasteiger partial charge in [0.15, 0.2) is 0 Å². The smallest absolute Gasteiger partial charge is 0.299 e. The van der Waals surface area contributed by atoms with Crippen LogP contribution in [0.25, 0.3) is 0 Å². The van der Waals surface area contributed by atoms with Gasteiger partial charge in [-0.25, -0.2) is 0 Å². The van der Waals surface area contributed by atoms with Gasteiger partial charge in [0.2, 0.25) is 0 Å². The Bertz CT molecular complexity index is 967. The highest BCUT2D eigenvalue weighted by atomic mass is 35.5. The molecule has 0 atom stereocenters. The average molecular weight is 417 g/mol. The number of hydrogen-bond acceptors (Lipinski definition) is 4. The van der Waals surface area contributed by atoms with E-state index in [2.05, 4.69) is 0 Å². The molecule has 2 aliphatic heterocycles. The maximum Gasteiger partial charge on any atom is 0.299 e. The normalized spacial score (nSPS) is 15.5. The van der Waals surface area contributed by atoms with Crippen molar-refractivity contribution in [1.82, 2.24) is 0 Å². The van der Waals surface area contributed by atoms with Crippen LogP contribution in [0.1, 0.15) is 33.6 Å². The molecule has 0 fully saturated rings. The number of Topliss-reactive ketones (excluding diaryl/α,β-unsaturated/α-hetero) is 2. The molecular formula is C20H14Cl2N2O4. The molecule has 2 amide bonds. The zero-order valence-corrected chi connectivity index (χ0v) is 16.1. The van der Waals surface area contributed by atoms with Gasteiger partial charge in [-0.2, -0.15) is 0 Å². The van der Waals surface area contributed by atoms with Crippen LogP contribution in [-0.4, -0.2) is 36.5 Å². The number of carbonyl (C=O) groups is 4. The van der Waals surface area contributed by atoms with Gasteiger partial charge in [-0.1, -0.05) is 23.2 Å². The molecule has 0 radical (unpaired) electrons. The van der Waals surface area contributed by atoms with Crippen LogP contribution in [0.5, 0.6) is 0 Å². The zero-order valence-electron chi connectivity index (χ0n) is 14.6. The summed E-state index contributed by atoms with van der Waals surface area (Å²) in [5.74, 6) is -2.29. The van der Waals surface area contributed by atoms with Crippen LogP contribution in [0.4, 0.5) is 11.4 Å². The highest BCUT2D eigenvalue weighted by Gasteiger charge is 2.37. The van der Waals surface area contributed by atoms with E-state index in [0.29, 0.717) is 58.5 Å². The fourth-order valence-corrected chi connectivity index (χ4v) is 3.87. The summed E-state index contributed by atoms with van der Waals surface area (Å²) in [4.78, 5) is 51.5. The van der Waals surface area contributed by atoms with E-state index in [0.717, 1.165) is 0 Å². The Balaban J connectivity index is 1.41. The number of amides is 2. The molecule has 2 aliphatic rings. The van der Waals surface area contributed by atoms with E-state index in [1.54, 1.807) is 24.3 Å². The molecule has 2 aromatic rings. The molecule has 0 bridgehead atoms. The molecule has 142 valence electrons. The van der Waals surface area contributed by atoms with E-state index >= 15 is 0 Å².